The lowest BCUT2D eigenvalue weighted by molar-refractivity contribution is -0.116. The molecule has 0 aliphatic carbocycles. The summed E-state index contributed by atoms with van der Waals surface area (Å²) < 4.78 is 28.2. The van der Waals surface area contributed by atoms with Gasteiger partial charge in [0.2, 0.25) is 5.91 Å². The predicted molar refractivity (Wildman–Crippen MR) is 129 cm³/mol. The first-order valence-corrected chi connectivity index (χ1v) is 12.2. The number of amides is 1. The van der Waals surface area contributed by atoms with Gasteiger partial charge in [-0.15, -0.1) is 0 Å². The Kier molecular flexibility index (Phi) is 6.09. The molecule has 32 heavy (non-hydrogen) atoms. The zero-order valence-electron chi connectivity index (χ0n) is 17.8. The molecule has 0 saturated heterocycles. The van der Waals surface area contributed by atoms with E-state index in [1.807, 2.05) is 44.2 Å². The van der Waals surface area contributed by atoms with Crippen LogP contribution in [0.25, 0.3) is 10.9 Å². The molecule has 164 valence electrons. The quantitative estimate of drug-likeness (QED) is 0.406. The number of benzene rings is 3. The first-order valence-electron chi connectivity index (χ1n) is 10.2. The number of carbonyl (C=O) groups excluding carboxylic acids is 1. The van der Waals surface area contributed by atoms with Crippen molar-refractivity contribution in [2.45, 2.75) is 31.0 Å². The van der Waals surface area contributed by atoms with Gasteiger partial charge in [0.1, 0.15) is 6.54 Å². The fraction of sp³-hybridized carbons (Fsp3) is 0.160. The Labute approximate surface area is 192 Å². The lowest BCUT2D eigenvalue weighted by Crippen LogP contribution is -2.19. The van der Waals surface area contributed by atoms with Gasteiger partial charge in [0.25, 0.3) is 0 Å². The van der Waals surface area contributed by atoms with Crippen LogP contribution in [0.15, 0.2) is 77.8 Å². The predicted octanol–water partition coefficient (Wildman–Crippen LogP) is 5.52. The summed E-state index contributed by atoms with van der Waals surface area (Å²) in [5, 5.41) is 3.91. The second kappa shape index (κ2) is 8.81. The first-order chi connectivity index (χ1) is 15.2. The average Bonchev–Trinajstić information content (AvgIpc) is 3.11. The topological polar surface area (TPSA) is 68.2 Å². The molecule has 5 nitrogen and oxygen atoms in total. The maximum absolute atomic E-state index is 13.3. The number of carbonyl (C=O) groups is 1. The summed E-state index contributed by atoms with van der Waals surface area (Å²) in [6.07, 6.45) is 1.54. The number of rotatable bonds is 6. The van der Waals surface area contributed by atoms with Crippen molar-refractivity contribution in [2.75, 3.05) is 5.32 Å². The molecular formula is C25H23ClN2O3S. The van der Waals surface area contributed by atoms with Gasteiger partial charge in [-0.05, 0) is 43.2 Å². The highest BCUT2D eigenvalue weighted by atomic mass is 35.5. The maximum atomic E-state index is 13.3. The molecule has 4 aromatic rings. The number of hydrogen-bond acceptors (Lipinski definition) is 3. The van der Waals surface area contributed by atoms with Crippen molar-refractivity contribution in [3.05, 3.63) is 94.6 Å². The molecule has 0 aliphatic heterocycles. The molecule has 0 fully saturated rings. The molecule has 1 aromatic heterocycles. The van der Waals surface area contributed by atoms with Gasteiger partial charge in [0.15, 0.2) is 9.84 Å². The number of aryl methyl sites for hydroxylation is 2. The third-order valence-electron chi connectivity index (χ3n) is 5.36. The van der Waals surface area contributed by atoms with Gasteiger partial charge < -0.3 is 9.88 Å². The summed E-state index contributed by atoms with van der Waals surface area (Å²) in [5.41, 5.74) is 4.05. The third-order valence-corrected chi connectivity index (χ3v) is 7.42. The van der Waals surface area contributed by atoms with Crippen LogP contribution in [-0.2, 0) is 26.9 Å². The Balaban J connectivity index is 1.65. The highest BCUT2D eigenvalue weighted by Crippen LogP contribution is 2.29. The van der Waals surface area contributed by atoms with E-state index in [-0.39, 0.29) is 23.1 Å². The molecule has 0 atom stereocenters. The Morgan fingerprint density at radius 2 is 1.72 bits per heavy atom. The minimum absolute atomic E-state index is 0.00452. The SMILES string of the molecule is Cc1ccc(NC(=O)Cn2cc(S(=O)(=O)Cc3ccccc3Cl)c3ccccc32)c(C)c1. The van der Waals surface area contributed by atoms with Crippen molar-refractivity contribution in [2.24, 2.45) is 0 Å². The number of nitrogens with zero attached hydrogens (tertiary/aromatic N) is 1. The number of aromatic nitrogens is 1. The van der Waals surface area contributed by atoms with Gasteiger partial charge in [0, 0.05) is 27.8 Å². The molecule has 3 aromatic carbocycles. The van der Waals surface area contributed by atoms with E-state index in [1.54, 1.807) is 47.2 Å². The van der Waals surface area contributed by atoms with E-state index in [1.165, 1.54) is 0 Å². The summed E-state index contributed by atoms with van der Waals surface area (Å²) >= 11 is 6.19. The summed E-state index contributed by atoms with van der Waals surface area (Å²) in [7, 11) is -3.68. The standard InChI is InChI=1S/C25H23ClN2O3S/c1-17-11-12-22(18(2)13-17)27-25(29)15-28-14-24(20-8-4-6-10-23(20)28)32(30,31)16-19-7-3-5-9-21(19)26/h3-14H,15-16H2,1-2H3,(H,27,29). The number of nitrogens with one attached hydrogen (secondary N) is 1. The van der Waals surface area contributed by atoms with E-state index >= 15 is 0 Å². The van der Waals surface area contributed by atoms with Crippen LogP contribution in [-0.4, -0.2) is 18.9 Å². The average molecular weight is 467 g/mol. The third kappa shape index (κ3) is 4.56. The van der Waals surface area contributed by atoms with E-state index in [4.69, 9.17) is 11.6 Å². The number of sulfone groups is 1. The molecule has 0 radical (unpaired) electrons. The summed E-state index contributed by atoms with van der Waals surface area (Å²) in [5.74, 6) is -0.442. The smallest absolute Gasteiger partial charge is 0.244 e. The first kappa shape index (κ1) is 22.1. The number of halogens is 1. The van der Waals surface area contributed by atoms with Crippen molar-refractivity contribution in [3.63, 3.8) is 0 Å². The molecule has 0 aliphatic rings. The Bertz CT molecular complexity index is 1420. The number of hydrogen-bond donors (Lipinski definition) is 1. The highest BCUT2D eigenvalue weighted by Gasteiger charge is 2.23. The van der Waals surface area contributed by atoms with Crippen LogP contribution in [0.3, 0.4) is 0 Å². The van der Waals surface area contributed by atoms with Crippen LogP contribution in [0.5, 0.6) is 0 Å². The van der Waals surface area contributed by atoms with Crippen LogP contribution in [0.4, 0.5) is 5.69 Å². The monoisotopic (exact) mass is 466 g/mol. The normalized spacial score (nSPS) is 11.6. The summed E-state index contributed by atoms with van der Waals surface area (Å²) in [6.45, 7) is 3.93. The van der Waals surface area contributed by atoms with Crippen molar-refractivity contribution in [1.29, 1.82) is 0 Å². The van der Waals surface area contributed by atoms with Crippen LogP contribution in [0.1, 0.15) is 16.7 Å². The number of para-hydroxylation sites is 1. The number of anilines is 1. The molecule has 1 N–H and O–H groups in total. The van der Waals surface area contributed by atoms with Gasteiger partial charge in [-0.3, -0.25) is 4.79 Å². The molecule has 0 saturated carbocycles. The van der Waals surface area contributed by atoms with Crippen molar-refractivity contribution >= 4 is 43.9 Å². The molecule has 1 amide bonds. The molecule has 4 rings (SSSR count). The second-order valence-electron chi connectivity index (χ2n) is 7.86. The molecule has 1 heterocycles. The van der Waals surface area contributed by atoms with Crippen LogP contribution < -0.4 is 5.32 Å². The lowest BCUT2D eigenvalue weighted by atomic mass is 10.1. The Hall–Kier alpha value is -3.09. The minimum Gasteiger partial charge on any atom is -0.337 e. The fourth-order valence-corrected chi connectivity index (χ4v) is 5.68. The zero-order valence-corrected chi connectivity index (χ0v) is 19.4. The molecule has 0 bridgehead atoms. The van der Waals surface area contributed by atoms with Crippen LogP contribution >= 0.6 is 11.6 Å². The van der Waals surface area contributed by atoms with Crippen molar-refractivity contribution < 1.29 is 13.2 Å². The number of fused-ring (bicyclic) bond motifs is 1. The van der Waals surface area contributed by atoms with Crippen LogP contribution in [0, 0.1) is 13.8 Å². The van der Waals surface area contributed by atoms with Gasteiger partial charge in [-0.2, -0.15) is 0 Å². The molecular weight excluding hydrogens is 444 g/mol. The van der Waals surface area contributed by atoms with E-state index in [0.29, 0.717) is 21.5 Å². The summed E-state index contributed by atoms with van der Waals surface area (Å²) in [4.78, 5) is 12.9. The summed E-state index contributed by atoms with van der Waals surface area (Å²) in [6, 6.07) is 19.9. The van der Waals surface area contributed by atoms with Crippen molar-refractivity contribution in [1.82, 2.24) is 4.57 Å². The second-order valence-corrected chi connectivity index (χ2v) is 10.2. The van der Waals surface area contributed by atoms with E-state index in [9.17, 15) is 13.2 Å². The fourth-order valence-electron chi connectivity index (χ4n) is 3.79. The molecule has 0 spiro atoms. The zero-order chi connectivity index (χ0) is 22.9. The molecule has 0 unspecified atom stereocenters. The van der Waals surface area contributed by atoms with Gasteiger partial charge in [0.05, 0.1) is 10.6 Å². The van der Waals surface area contributed by atoms with Gasteiger partial charge in [-0.25, -0.2) is 8.42 Å². The maximum Gasteiger partial charge on any atom is 0.244 e. The van der Waals surface area contributed by atoms with Gasteiger partial charge >= 0.3 is 0 Å². The molecule has 7 heteroatoms. The van der Waals surface area contributed by atoms with Crippen LogP contribution in [0.2, 0.25) is 5.02 Å². The van der Waals surface area contributed by atoms with E-state index in [2.05, 4.69) is 5.32 Å². The largest absolute Gasteiger partial charge is 0.337 e. The van der Waals surface area contributed by atoms with Crippen molar-refractivity contribution in [3.8, 4) is 0 Å². The Morgan fingerprint density at radius 3 is 2.47 bits per heavy atom. The minimum atomic E-state index is -3.68. The van der Waals surface area contributed by atoms with E-state index < -0.39 is 9.84 Å². The lowest BCUT2D eigenvalue weighted by Gasteiger charge is -2.10. The van der Waals surface area contributed by atoms with Gasteiger partial charge in [-0.1, -0.05) is 65.7 Å². The highest BCUT2D eigenvalue weighted by molar-refractivity contribution is 7.90. The van der Waals surface area contributed by atoms with E-state index in [0.717, 1.165) is 16.8 Å². The Morgan fingerprint density at radius 1 is 1.00 bits per heavy atom.